The standard InChI is InChI=1S/C9H5BrClNO/c10-6-1-2-7-5(3-6)4-8(11)12-9(7)13/h1-4H,(H,12,13). The molecule has 0 saturated heterocycles. The minimum atomic E-state index is -0.157. The Labute approximate surface area is 87.7 Å². The van der Waals surface area contributed by atoms with Gasteiger partial charge in [-0.1, -0.05) is 27.5 Å². The lowest BCUT2D eigenvalue weighted by Gasteiger charge is -1.97. The first-order chi connectivity index (χ1) is 6.16. The maximum absolute atomic E-state index is 11.4. The zero-order valence-corrected chi connectivity index (χ0v) is 8.82. The van der Waals surface area contributed by atoms with Gasteiger partial charge in [-0.25, -0.2) is 0 Å². The van der Waals surface area contributed by atoms with Crippen molar-refractivity contribution in [2.24, 2.45) is 0 Å². The second-order valence-electron chi connectivity index (χ2n) is 2.68. The predicted octanol–water partition coefficient (Wildman–Crippen LogP) is 2.94. The van der Waals surface area contributed by atoms with Crippen molar-refractivity contribution >= 4 is 38.3 Å². The minimum Gasteiger partial charge on any atom is -0.312 e. The van der Waals surface area contributed by atoms with Gasteiger partial charge in [0, 0.05) is 9.86 Å². The number of benzene rings is 1. The molecule has 1 aromatic heterocycles. The van der Waals surface area contributed by atoms with Crippen molar-refractivity contribution in [2.45, 2.75) is 0 Å². The first-order valence-electron chi connectivity index (χ1n) is 3.65. The van der Waals surface area contributed by atoms with Crippen LogP contribution in [0.3, 0.4) is 0 Å². The Morgan fingerprint density at radius 3 is 2.85 bits per heavy atom. The van der Waals surface area contributed by atoms with Gasteiger partial charge in [-0.3, -0.25) is 4.79 Å². The number of H-pyrrole nitrogens is 1. The maximum Gasteiger partial charge on any atom is 0.256 e. The Morgan fingerprint density at radius 2 is 2.08 bits per heavy atom. The molecule has 0 aliphatic rings. The number of pyridine rings is 1. The molecule has 0 bridgehead atoms. The van der Waals surface area contributed by atoms with Crippen LogP contribution in [0.2, 0.25) is 5.15 Å². The van der Waals surface area contributed by atoms with E-state index >= 15 is 0 Å². The van der Waals surface area contributed by atoms with E-state index in [-0.39, 0.29) is 5.56 Å². The summed E-state index contributed by atoms with van der Waals surface area (Å²) < 4.78 is 0.932. The molecule has 0 atom stereocenters. The number of nitrogens with one attached hydrogen (secondary N) is 1. The van der Waals surface area contributed by atoms with E-state index in [0.29, 0.717) is 10.5 Å². The number of hydrogen-bond acceptors (Lipinski definition) is 1. The largest absolute Gasteiger partial charge is 0.312 e. The third kappa shape index (κ3) is 1.62. The van der Waals surface area contributed by atoms with Gasteiger partial charge < -0.3 is 4.98 Å². The molecule has 0 amide bonds. The molecule has 2 rings (SSSR count). The lowest BCUT2D eigenvalue weighted by atomic mass is 10.2. The Bertz CT molecular complexity index is 515. The van der Waals surface area contributed by atoms with Crippen LogP contribution in [-0.4, -0.2) is 4.98 Å². The van der Waals surface area contributed by atoms with E-state index in [1.165, 1.54) is 0 Å². The normalized spacial score (nSPS) is 10.6. The molecule has 0 radical (unpaired) electrons. The smallest absolute Gasteiger partial charge is 0.256 e. The highest BCUT2D eigenvalue weighted by atomic mass is 79.9. The lowest BCUT2D eigenvalue weighted by Crippen LogP contribution is -2.05. The summed E-state index contributed by atoms with van der Waals surface area (Å²) in [5.41, 5.74) is -0.157. The van der Waals surface area contributed by atoms with Crippen LogP contribution in [0.15, 0.2) is 33.5 Å². The van der Waals surface area contributed by atoms with Crippen molar-refractivity contribution in [1.82, 2.24) is 4.98 Å². The minimum absolute atomic E-state index is 0.157. The number of halogens is 2. The van der Waals surface area contributed by atoms with Crippen LogP contribution in [0, 0.1) is 0 Å². The van der Waals surface area contributed by atoms with Crippen LogP contribution in [-0.2, 0) is 0 Å². The molecule has 0 aliphatic heterocycles. The molecule has 0 spiro atoms. The fraction of sp³-hybridized carbons (Fsp3) is 0. The third-order valence-corrected chi connectivity index (χ3v) is 2.47. The lowest BCUT2D eigenvalue weighted by molar-refractivity contribution is 1.28. The average Bonchev–Trinajstić information content (AvgIpc) is 2.02. The molecule has 2 nitrogen and oxygen atoms in total. The van der Waals surface area contributed by atoms with Gasteiger partial charge >= 0.3 is 0 Å². The maximum atomic E-state index is 11.4. The van der Waals surface area contributed by atoms with E-state index in [1.807, 2.05) is 12.1 Å². The number of aromatic amines is 1. The van der Waals surface area contributed by atoms with Crippen LogP contribution in [0.4, 0.5) is 0 Å². The Balaban J connectivity index is 2.95. The summed E-state index contributed by atoms with van der Waals surface area (Å²) in [7, 11) is 0. The monoisotopic (exact) mass is 257 g/mol. The molecule has 0 aliphatic carbocycles. The summed E-state index contributed by atoms with van der Waals surface area (Å²) in [5, 5.41) is 1.84. The number of aromatic nitrogens is 1. The summed E-state index contributed by atoms with van der Waals surface area (Å²) in [6.45, 7) is 0. The van der Waals surface area contributed by atoms with Crippen LogP contribution in [0.5, 0.6) is 0 Å². The molecule has 0 fully saturated rings. The van der Waals surface area contributed by atoms with E-state index in [2.05, 4.69) is 20.9 Å². The Hall–Kier alpha value is -0.800. The molecule has 1 aromatic carbocycles. The van der Waals surface area contributed by atoms with E-state index < -0.39 is 0 Å². The topological polar surface area (TPSA) is 32.9 Å². The van der Waals surface area contributed by atoms with E-state index in [1.54, 1.807) is 12.1 Å². The van der Waals surface area contributed by atoms with Crippen molar-refractivity contribution in [1.29, 1.82) is 0 Å². The number of hydrogen-bond donors (Lipinski definition) is 1. The van der Waals surface area contributed by atoms with Crippen molar-refractivity contribution in [3.63, 3.8) is 0 Å². The highest BCUT2D eigenvalue weighted by molar-refractivity contribution is 9.10. The van der Waals surface area contributed by atoms with Gasteiger partial charge in [0.15, 0.2) is 0 Å². The summed E-state index contributed by atoms with van der Waals surface area (Å²) in [4.78, 5) is 13.9. The Kier molecular flexibility index (Phi) is 2.14. The highest BCUT2D eigenvalue weighted by Crippen LogP contribution is 2.18. The summed E-state index contributed by atoms with van der Waals surface area (Å²) in [6.07, 6.45) is 0. The zero-order valence-electron chi connectivity index (χ0n) is 6.47. The van der Waals surface area contributed by atoms with E-state index in [0.717, 1.165) is 9.86 Å². The van der Waals surface area contributed by atoms with Gasteiger partial charge in [0.1, 0.15) is 5.15 Å². The Morgan fingerprint density at radius 1 is 1.31 bits per heavy atom. The van der Waals surface area contributed by atoms with Crippen LogP contribution in [0.25, 0.3) is 10.8 Å². The quantitative estimate of drug-likeness (QED) is 0.724. The summed E-state index contributed by atoms with van der Waals surface area (Å²) in [6, 6.07) is 7.17. The van der Waals surface area contributed by atoms with Crippen molar-refractivity contribution in [3.05, 3.63) is 44.2 Å². The van der Waals surface area contributed by atoms with Gasteiger partial charge in [0.05, 0.1) is 0 Å². The summed E-state index contributed by atoms with van der Waals surface area (Å²) >= 11 is 9.03. The molecule has 0 saturated carbocycles. The zero-order chi connectivity index (χ0) is 9.42. The van der Waals surface area contributed by atoms with Gasteiger partial charge in [-0.05, 0) is 29.7 Å². The number of rotatable bonds is 0. The predicted molar refractivity (Wildman–Crippen MR) is 57.3 cm³/mol. The van der Waals surface area contributed by atoms with Crippen LogP contribution >= 0.6 is 27.5 Å². The molecule has 66 valence electrons. The molecule has 4 heteroatoms. The van der Waals surface area contributed by atoms with Crippen molar-refractivity contribution in [3.8, 4) is 0 Å². The molecular weight excluding hydrogens is 253 g/mol. The van der Waals surface area contributed by atoms with Crippen molar-refractivity contribution < 1.29 is 0 Å². The summed E-state index contributed by atoms with van der Waals surface area (Å²) in [5.74, 6) is 0. The van der Waals surface area contributed by atoms with Gasteiger partial charge in [-0.15, -0.1) is 0 Å². The van der Waals surface area contributed by atoms with Crippen LogP contribution in [0.1, 0.15) is 0 Å². The second kappa shape index (κ2) is 3.16. The van der Waals surface area contributed by atoms with E-state index in [4.69, 9.17) is 11.6 Å². The number of fused-ring (bicyclic) bond motifs is 1. The third-order valence-electron chi connectivity index (χ3n) is 1.77. The molecular formula is C9H5BrClNO. The fourth-order valence-corrected chi connectivity index (χ4v) is 1.79. The molecule has 13 heavy (non-hydrogen) atoms. The van der Waals surface area contributed by atoms with Crippen LogP contribution < -0.4 is 5.56 Å². The molecule has 1 heterocycles. The van der Waals surface area contributed by atoms with E-state index in [9.17, 15) is 4.79 Å². The average molecular weight is 259 g/mol. The molecule has 1 N–H and O–H groups in total. The molecule has 0 unspecified atom stereocenters. The fourth-order valence-electron chi connectivity index (χ4n) is 1.21. The van der Waals surface area contributed by atoms with Gasteiger partial charge in [0.25, 0.3) is 5.56 Å². The SMILES string of the molecule is O=c1[nH]c(Cl)cc2cc(Br)ccc12. The second-order valence-corrected chi connectivity index (χ2v) is 4.00. The van der Waals surface area contributed by atoms with Gasteiger partial charge in [0.2, 0.25) is 0 Å². The van der Waals surface area contributed by atoms with Gasteiger partial charge in [-0.2, -0.15) is 0 Å². The van der Waals surface area contributed by atoms with Crippen molar-refractivity contribution in [2.75, 3.05) is 0 Å². The first kappa shape index (κ1) is 8.78. The first-order valence-corrected chi connectivity index (χ1v) is 4.82. The highest BCUT2D eigenvalue weighted by Gasteiger charge is 2.00. The molecule has 2 aromatic rings.